The van der Waals surface area contributed by atoms with Gasteiger partial charge < -0.3 is 0 Å². The minimum Gasteiger partial charge on any atom is -0.112 e. The molecule has 2 bridgehead atoms. The van der Waals surface area contributed by atoms with Crippen LogP contribution in [0.1, 0.15) is 25.7 Å². The fraction of sp³-hybridized carbons (Fsp3) is 1.00. The van der Waals surface area contributed by atoms with Crippen molar-refractivity contribution in [2.24, 2.45) is 11.8 Å². The molecule has 0 N–H and O–H groups in total. The molecule has 4 atom stereocenters. The van der Waals surface area contributed by atoms with Crippen LogP contribution in [-0.2, 0) is 11.8 Å². The number of hydrogen-bond acceptors (Lipinski definition) is 4. The Morgan fingerprint density at radius 2 is 2.17 bits per heavy atom. The van der Waals surface area contributed by atoms with Crippen LogP contribution in [0.25, 0.3) is 0 Å². The summed E-state index contributed by atoms with van der Waals surface area (Å²) < 4.78 is 0. The van der Waals surface area contributed by atoms with Crippen LogP contribution < -0.4 is 0 Å². The van der Waals surface area contributed by atoms with Crippen molar-refractivity contribution in [3.63, 3.8) is 0 Å². The number of thiol groups is 1. The normalized spacial score (nSPS) is 41.9. The molecule has 2 aliphatic carbocycles. The lowest BCUT2D eigenvalue weighted by Crippen LogP contribution is -2.10. The molecule has 0 nitrogen and oxygen atoms in total. The minimum atomic E-state index is -0.653. The van der Waals surface area contributed by atoms with Crippen LogP contribution in [-0.4, -0.2) is 5.25 Å². The predicted molar refractivity (Wildman–Crippen MR) is 69.1 cm³/mol. The van der Waals surface area contributed by atoms with Gasteiger partial charge in [0.05, 0.1) is 5.10 Å². The molecule has 2 fully saturated rings. The SMILES string of the molecule is S=[PH](SS)SC1CC2CCC1C2. The lowest BCUT2D eigenvalue weighted by atomic mass is 10.0. The highest BCUT2D eigenvalue weighted by molar-refractivity contribution is 9.11. The highest BCUT2D eigenvalue weighted by Gasteiger charge is 2.39. The van der Waals surface area contributed by atoms with Crippen molar-refractivity contribution in [2.75, 3.05) is 0 Å². The van der Waals surface area contributed by atoms with E-state index in [0.717, 1.165) is 17.1 Å². The second-order valence-electron chi connectivity index (χ2n) is 3.67. The molecule has 70 valence electrons. The molecule has 4 unspecified atom stereocenters. The third kappa shape index (κ3) is 2.20. The molecule has 2 aliphatic rings. The van der Waals surface area contributed by atoms with Gasteiger partial charge in [-0.05, 0) is 31.1 Å². The van der Waals surface area contributed by atoms with E-state index in [1.54, 1.807) is 10.4 Å². The van der Waals surface area contributed by atoms with Gasteiger partial charge in [0.25, 0.3) is 0 Å². The van der Waals surface area contributed by atoms with E-state index in [0.29, 0.717) is 0 Å². The Morgan fingerprint density at radius 1 is 1.33 bits per heavy atom. The van der Waals surface area contributed by atoms with Crippen molar-refractivity contribution in [1.29, 1.82) is 0 Å². The second kappa shape index (κ2) is 4.48. The molecular weight excluding hydrogens is 243 g/mol. The van der Waals surface area contributed by atoms with Crippen molar-refractivity contribution < 1.29 is 0 Å². The Bertz CT molecular complexity index is 196. The summed E-state index contributed by atoms with van der Waals surface area (Å²) >= 11 is 11.6. The third-order valence-corrected chi connectivity index (χ3v) is 13.2. The number of fused-ring (bicyclic) bond motifs is 2. The Kier molecular flexibility index (Phi) is 3.82. The van der Waals surface area contributed by atoms with E-state index in [2.05, 4.69) is 23.0 Å². The van der Waals surface area contributed by atoms with Crippen LogP contribution >= 0.6 is 38.6 Å². The maximum Gasteiger partial charge on any atom is 0.0560 e. The largest absolute Gasteiger partial charge is 0.112 e. The average molecular weight is 256 g/mol. The molecule has 0 heterocycles. The van der Waals surface area contributed by atoms with Gasteiger partial charge in [0.2, 0.25) is 0 Å². The monoisotopic (exact) mass is 256 g/mol. The average Bonchev–Trinajstić information content (AvgIpc) is 2.64. The highest BCUT2D eigenvalue weighted by Crippen LogP contribution is 2.61. The molecule has 0 amide bonds. The van der Waals surface area contributed by atoms with Gasteiger partial charge in [-0.3, -0.25) is 0 Å². The maximum atomic E-state index is 5.34. The summed E-state index contributed by atoms with van der Waals surface area (Å²) in [4.78, 5) is 0. The Labute approximate surface area is 92.8 Å². The molecule has 12 heavy (non-hydrogen) atoms. The molecular formula is C7H13PS4. The first-order chi connectivity index (χ1) is 5.79. The van der Waals surface area contributed by atoms with Crippen molar-refractivity contribution in [1.82, 2.24) is 0 Å². The van der Waals surface area contributed by atoms with Crippen molar-refractivity contribution in [3.05, 3.63) is 0 Å². The van der Waals surface area contributed by atoms with Crippen LogP contribution in [0.3, 0.4) is 0 Å². The lowest BCUT2D eigenvalue weighted by molar-refractivity contribution is 0.493. The molecule has 0 spiro atoms. The van der Waals surface area contributed by atoms with Gasteiger partial charge in [0.15, 0.2) is 0 Å². The maximum absolute atomic E-state index is 5.34. The molecule has 2 rings (SSSR count). The number of hydrogen-bond donors (Lipinski definition) is 1. The fourth-order valence-corrected chi connectivity index (χ4v) is 9.08. The zero-order chi connectivity index (χ0) is 8.55. The van der Waals surface area contributed by atoms with E-state index in [1.165, 1.54) is 25.7 Å². The zero-order valence-corrected chi connectivity index (χ0v) is 11.1. The van der Waals surface area contributed by atoms with Crippen LogP contribution in [0.5, 0.6) is 0 Å². The van der Waals surface area contributed by atoms with Gasteiger partial charge in [-0.1, -0.05) is 28.6 Å². The Balaban J connectivity index is 1.86. The third-order valence-electron chi connectivity index (χ3n) is 3.00. The van der Waals surface area contributed by atoms with E-state index < -0.39 is 5.10 Å². The van der Waals surface area contributed by atoms with Gasteiger partial charge in [-0.15, -0.1) is 23.0 Å². The van der Waals surface area contributed by atoms with E-state index in [4.69, 9.17) is 11.8 Å². The first kappa shape index (κ1) is 10.2. The van der Waals surface area contributed by atoms with Gasteiger partial charge in [0.1, 0.15) is 0 Å². The zero-order valence-electron chi connectivity index (χ0n) is 6.73. The van der Waals surface area contributed by atoms with Crippen LogP contribution in [0.2, 0.25) is 0 Å². The lowest BCUT2D eigenvalue weighted by Gasteiger charge is -2.20. The molecule has 2 saturated carbocycles. The van der Waals surface area contributed by atoms with E-state index in [-0.39, 0.29) is 0 Å². The summed E-state index contributed by atoms with van der Waals surface area (Å²) in [7, 11) is 1.61. The summed E-state index contributed by atoms with van der Waals surface area (Å²) in [6.07, 6.45) is 5.92. The van der Waals surface area contributed by atoms with Crippen LogP contribution in [0.15, 0.2) is 0 Å². The summed E-state index contributed by atoms with van der Waals surface area (Å²) in [5.41, 5.74) is 0. The van der Waals surface area contributed by atoms with E-state index in [9.17, 15) is 0 Å². The quantitative estimate of drug-likeness (QED) is 0.461. The van der Waals surface area contributed by atoms with Gasteiger partial charge in [0, 0.05) is 5.25 Å². The first-order valence-corrected chi connectivity index (χ1v) is 11.1. The molecule has 0 saturated heterocycles. The summed E-state index contributed by atoms with van der Waals surface area (Å²) in [5.74, 6) is 2.07. The summed E-state index contributed by atoms with van der Waals surface area (Å²) in [5, 5.41) is 0.259. The molecule has 0 radical (unpaired) electrons. The molecule has 0 aromatic rings. The summed E-state index contributed by atoms with van der Waals surface area (Å²) in [6, 6.07) is 0. The van der Waals surface area contributed by atoms with Crippen molar-refractivity contribution in [3.8, 4) is 0 Å². The topological polar surface area (TPSA) is 0 Å². The second-order valence-corrected chi connectivity index (χ2v) is 14.1. The Hall–Kier alpha value is 1.70. The van der Waals surface area contributed by atoms with Crippen LogP contribution in [0.4, 0.5) is 0 Å². The molecule has 5 heteroatoms. The molecule has 0 aliphatic heterocycles. The highest BCUT2D eigenvalue weighted by atomic mass is 33.5. The van der Waals surface area contributed by atoms with Gasteiger partial charge >= 0.3 is 0 Å². The minimum absolute atomic E-state index is 0.653. The van der Waals surface area contributed by atoms with Gasteiger partial charge in [-0.25, -0.2) is 0 Å². The first-order valence-electron chi connectivity index (χ1n) is 4.31. The summed E-state index contributed by atoms with van der Waals surface area (Å²) in [6.45, 7) is 0. The Morgan fingerprint density at radius 3 is 2.67 bits per heavy atom. The van der Waals surface area contributed by atoms with E-state index in [1.807, 2.05) is 0 Å². The fourth-order valence-electron chi connectivity index (χ4n) is 2.48. The van der Waals surface area contributed by atoms with Crippen molar-refractivity contribution in [2.45, 2.75) is 30.9 Å². The number of rotatable bonds is 3. The standard InChI is InChI=1S/C7H13PS4/c9-8(12-10)11-7-4-5-1-2-6(7)3-5/h5-8,10H,1-4H2. The van der Waals surface area contributed by atoms with Gasteiger partial charge in [-0.2, -0.15) is 0 Å². The van der Waals surface area contributed by atoms with Crippen LogP contribution in [0, 0.1) is 11.8 Å². The smallest absolute Gasteiger partial charge is 0.0560 e. The predicted octanol–water partition coefficient (Wildman–Crippen LogP) is 3.99. The molecule has 0 aromatic carbocycles. The van der Waals surface area contributed by atoms with Crippen molar-refractivity contribution >= 4 is 50.4 Å². The van der Waals surface area contributed by atoms with E-state index >= 15 is 0 Å². The molecule has 0 aromatic heterocycles.